The molecule has 0 aromatic carbocycles. The normalized spacial score (nSPS) is 13.6. The van der Waals surface area contributed by atoms with Crippen LogP contribution in [-0.4, -0.2) is 16.9 Å². The number of halogens is 1. The first-order chi connectivity index (χ1) is 7.54. The van der Waals surface area contributed by atoms with E-state index in [-0.39, 0.29) is 24.2 Å². The molecule has 0 aliphatic rings. The molecule has 0 radical (unpaired) electrons. The second kappa shape index (κ2) is 7.63. The first-order valence-corrected chi connectivity index (χ1v) is 6.36. The van der Waals surface area contributed by atoms with Crippen molar-refractivity contribution in [1.82, 2.24) is 10.3 Å². The lowest BCUT2D eigenvalue weighted by Gasteiger charge is -2.17. The third-order valence-corrected chi connectivity index (χ3v) is 3.61. The number of nitrogens with one attached hydrogen (secondary N) is 1. The van der Waals surface area contributed by atoms with Gasteiger partial charge in [0.15, 0.2) is 0 Å². The standard InChI is InChI=1S/C11H19N3OS.ClH/c1-4-7(2)10(12)11(15)13-5-9-14-8(3)6-16-9;/h6-7,10H,4-5,12H2,1-3H3,(H,13,15);1H. The van der Waals surface area contributed by atoms with Gasteiger partial charge < -0.3 is 11.1 Å². The number of hydrogen-bond acceptors (Lipinski definition) is 4. The summed E-state index contributed by atoms with van der Waals surface area (Å²) in [5, 5.41) is 5.70. The van der Waals surface area contributed by atoms with E-state index in [1.807, 2.05) is 26.2 Å². The molecule has 0 aliphatic heterocycles. The van der Waals surface area contributed by atoms with E-state index in [0.717, 1.165) is 17.1 Å². The SMILES string of the molecule is CCC(C)C(N)C(=O)NCc1nc(C)cs1.Cl. The Morgan fingerprint density at radius 3 is 2.76 bits per heavy atom. The zero-order valence-corrected chi connectivity index (χ0v) is 12.0. The molecule has 1 heterocycles. The lowest BCUT2D eigenvalue weighted by Crippen LogP contribution is -2.44. The Morgan fingerprint density at radius 2 is 2.29 bits per heavy atom. The molecule has 4 nitrogen and oxygen atoms in total. The largest absolute Gasteiger partial charge is 0.348 e. The number of nitrogens with zero attached hydrogens (tertiary/aromatic N) is 1. The van der Waals surface area contributed by atoms with Crippen molar-refractivity contribution in [2.45, 2.75) is 39.8 Å². The van der Waals surface area contributed by atoms with Crippen molar-refractivity contribution in [3.05, 3.63) is 16.1 Å². The number of aromatic nitrogens is 1. The van der Waals surface area contributed by atoms with Gasteiger partial charge in [0.2, 0.25) is 5.91 Å². The molecule has 17 heavy (non-hydrogen) atoms. The summed E-state index contributed by atoms with van der Waals surface area (Å²) < 4.78 is 0. The van der Waals surface area contributed by atoms with Gasteiger partial charge in [0.25, 0.3) is 0 Å². The third kappa shape index (κ3) is 5.02. The molecule has 98 valence electrons. The first-order valence-electron chi connectivity index (χ1n) is 5.48. The summed E-state index contributed by atoms with van der Waals surface area (Å²) >= 11 is 1.55. The van der Waals surface area contributed by atoms with Crippen molar-refractivity contribution < 1.29 is 4.79 Å². The molecule has 0 spiro atoms. The number of aryl methyl sites for hydroxylation is 1. The van der Waals surface area contributed by atoms with Gasteiger partial charge in [0.05, 0.1) is 12.6 Å². The molecule has 1 amide bonds. The van der Waals surface area contributed by atoms with Crippen molar-refractivity contribution in [2.24, 2.45) is 11.7 Å². The monoisotopic (exact) mass is 277 g/mol. The van der Waals surface area contributed by atoms with Gasteiger partial charge in [-0.2, -0.15) is 0 Å². The molecule has 3 N–H and O–H groups in total. The summed E-state index contributed by atoms with van der Waals surface area (Å²) in [6.07, 6.45) is 0.908. The fourth-order valence-electron chi connectivity index (χ4n) is 1.28. The fourth-order valence-corrected chi connectivity index (χ4v) is 1.99. The Bertz CT molecular complexity index is 356. The van der Waals surface area contributed by atoms with E-state index in [0.29, 0.717) is 6.54 Å². The van der Waals surface area contributed by atoms with Crippen LogP contribution in [-0.2, 0) is 11.3 Å². The van der Waals surface area contributed by atoms with Crippen molar-refractivity contribution >= 4 is 29.7 Å². The second-order valence-electron chi connectivity index (χ2n) is 4.01. The molecule has 1 rings (SSSR count). The summed E-state index contributed by atoms with van der Waals surface area (Å²) in [5.74, 6) is 0.111. The molecule has 2 unspecified atom stereocenters. The van der Waals surface area contributed by atoms with Crippen LogP contribution in [0.2, 0.25) is 0 Å². The predicted molar refractivity (Wildman–Crippen MR) is 73.4 cm³/mol. The minimum absolute atomic E-state index is 0. The van der Waals surface area contributed by atoms with Crippen molar-refractivity contribution in [1.29, 1.82) is 0 Å². The van der Waals surface area contributed by atoms with Crippen molar-refractivity contribution in [3.63, 3.8) is 0 Å². The summed E-state index contributed by atoms with van der Waals surface area (Å²) in [4.78, 5) is 15.9. The molecule has 1 aromatic rings. The van der Waals surface area contributed by atoms with Gasteiger partial charge >= 0.3 is 0 Å². The van der Waals surface area contributed by atoms with Gasteiger partial charge in [-0.05, 0) is 12.8 Å². The first kappa shape index (κ1) is 16.4. The van der Waals surface area contributed by atoms with Gasteiger partial charge in [-0.25, -0.2) is 4.98 Å². The third-order valence-electron chi connectivity index (χ3n) is 2.64. The number of carbonyl (C=O) groups excluding carboxylic acids is 1. The Balaban J connectivity index is 0.00000256. The summed E-state index contributed by atoms with van der Waals surface area (Å²) in [6, 6.07) is -0.425. The zero-order chi connectivity index (χ0) is 12.1. The Hall–Kier alpha value is -0.650. The van der Waals surface area contributed by atoms with Gasteiger partial charge in [-0.15, -0.1) is 23.7 Å². The van der Waals surface area contributed by atoms with Crippen LogP contribution in [0.3, 0.4) is 0 Å². The Labute approximate surface area is 112 Å². The summed E-state index contributed by atoms with van der Waals surface area (Å²) in [7, 11) is 0. The number of thiazole rings is 1. The highest BCUT2D eigenvalue weighted by molar-refractivity contribution is 7.09. The average molecular weight is 278 g/mol. The van der Waals surface area contributed by atoms with Gasteiger partial charge in [0, 0.05) is 11.1 Å². The lowest BCUT2D eigenvalue weighted by molar-refractivity contribution is -0.123. The molecule has 0 saturated heterocycles. The molecule has 0 bridgehead atoms. The molecule has 0 fully saturated rings. The molecular weight excluding hydrogens is 258 g/mol. The van der Waals surface area contributed by atoms with Crippen LogP contribution in [0.4, 0.5) is 0 Å². The summed E-state index contributed by atoms with van der Waals surface area (Å²) in [5.41, 5.74) is 6.80. The molecule has 6 heteroatoms. The molecule has 0 aliphatic carbocycles. The van der Waals surface area contributed by atoms with E-state index in [1.54, 1.807) is 11.3 Å². The van der Waals surface area contributed by atoms with Crippen LogP contribution in [0, 0.1) is 12.8 Å². The number of nitrogens with two attached hydrogens (primary N) is 1. The maximum absolute atomic E-state index is 11.7. The molecular formula is C11H20ClN3OS. The van der Waals surface area contributed by atoms with E-state index in [9.17, 15) is 4.79 Å². The van der Waals surface area contributed by atoms with E-state index in [1.165, 1.54) is 0 Å². The van der Waals surface area contributed by atoms with Crippen LogP contribution in [0.5, 0.6) is 0 Å². The number of carbonyl (C=O) groups is 1. The Morgan fingerprint density at radius 1 is 1.65 bits per heavy atom. The number of amides is 1. The second-order valence-corrected chi connectivity index (χ2v) is 4.95. The van der Waals surface area contributed by atoms with Crippen LogP contribution in [0.15, 0.2) is 5.38 Å². The zero-order valence-electron chi connectivity index (χ0n) is 10.4. The maximum Gasteiger partial charge on any atom is 0.237 e. The topological polar surface area (TPSA) is 68.0 Å². The van der Waals surface area contributed by atoms with Gasteiger partial charge in [-0.3, -0.25) is 4.79 Å². The lowest BCUT2D eigenvalue weighted by atomic mass is 9.99. The van der Waals surface area contributed by atoms with E-state index >= 15 is 0 Å². The van der Waals surface area contributed by atoms with E-state index in [2.05, 4.69) is 10.3 Å². The van der Waals surface area contributed by atoms with Gasteiger partial charge in [0.1, 0.15) is 5.01 Å². The maximum atomic E-state index is 11.7. The quantitative estimate of drug-likeness (QED) is 0.863. The van der Waals surface area contributed by atoms with Crippen LogP contribution in [0.1, 0.15) is 31.0 Å². The minimum Gasteiger partial charge on any atom is -0.348 e. The summed E-state index contributed by atoms with van der Waals surface area (Å²) in [6.45, 7) is 6.42. The highest BCUT2D eigenvalue weighted by Gasteiger charge is 2.19. The highest BCUT2D eigenvalue weighted by atomic mass is 35.5. The van der Waals surface area contributed by atoms with Crippen LogP contribution in [0.25, 0.3) is 0 Å². The van der Waals surface area contributed by atoms with Crippen LogP contribution >= 0.6 is 23.7 Å². The number of rotatable bonds is 5. The highest BCUT2D eigenvalue weighted by Crippen LogP contribution is 2.09. The van der Waals surface area contributed by atoms with Crippen molar-refractivity contribution in [3.8, 4) is 0 Å². The molecule has 1 aromatic heterocycles. The molecule has 0 saturated carbocycles. The van der Waals surface area contributed by atoms with E-state index < -0.39 is 6.04 Å². The van der Waals surface area contributed by atoms with E-state index in [4.69, 9.17) is 5.73 Å². The van der Waals surface area contributed by atoms with Crippen LogP contribution < -0.4 is 11.1 Å². The number of hydrogen-bond donors (Lipinski definition) is 2. The average Bonchev–Trinajstić information content (AvgIpc) is 2.69. The smallest absolute Gasteiger partial charge is 0.237 e. The minimum atomic E-state index is -0.425. The Kier molecular flexibility index (Phi) is 7.34. The van der Waals surface area contributed by atoms with Gasteiger partial charge in [-0.1, -0.05) is 20.3 Å². The van der Waals surface area contributed by atoms with Crippen molar-refractivity contribution in [2.75, 3.05) is 0 Å². The fraction of sp³-hybridized carbons (Fsp3) is 0.636. The predicted octanol–water partition coefficient (Wildman–Crippen LogP) is 1.86. The molecule has 2 atom stereocenters.